The molecule has 7 nitrogen and oxygen atoms in total. The van der Waals surface area contributed by atoms with Crippen molar-refractivity contribution in [2.45, 2.75) is 13.8 Å². The van der Waals surface area contributed by atoms with Gasteiger partial charge in [-0.1, -0.05) is 18.2 Å². The summed E-state index contributed by atoms with van der Waals surface area (Å²) in [4.78, 5) is 22.5. The maximum absolute atomic E-state index is 12.0. The maximum atomic E-state index is 12.0. The number of urea groups is 1. The highest BCUT2D eigenvalue weighted by Gasteiger charge is 2.05. The van der Waals surface area contributed by atoms with Crippen molar-refractivity contribution >= 4 is 23.8 Å². The number of hydrazone groups is 1. The van der Waals surface area contributed by atoms with Crippen LogP contribution in [0.15, 0.2) is 47.6 Å². The molecule has 0 spiro atoms. The number of hydrogen-bond acceptors (Lipinski definition) is 4. The number of carbonyl (C=O) groups excluding carboxylic acids is 2. The third kappa shape index (κ3) is 5.98. The smallest absolute Gasteiger partial charge is 0.332 e. The Morgan fingerprint density at radius 1 is 1.16 bits per heavy atom. The Morgan fingerprint density at radius 3 is 2.68 bits per heavy atom. The molecule has 3 amide bonds. The molecule has 0 saturated heterocycles. The highest BCUT2D eigenvalue weighted by Crippen LogP contribution is 2.15. The summed E-state index contributed by atoms with van der Waals surface area (Å²) in [7, 11) is 0. The Balaban J connectivity index is 1.89. The summed E-state index contributed by atoms with van der Waals surface area (Å²) in [5, 5.41) is 6.45. The van der Waals surface area contributed by atoms with Crippen LogP contribution in [0.2, 0.25) is 0 Å². The van der Waals surface area contributed by atoms with Crippen molar-refractivity contribution in [1.82, 2.24) is 5.43 Å². The molecule has 2 aromatic carbocycles. The van der Waals surface area contributed by atoms with Gasteiger partial charge in [-0.25, -0.2) is 10.2 Å². The average molecular weight is 340 g/mol. The number of nitrogens with zero attached hydrogens (tertiary/aromatic N) is 1. The second-order valence-corrected chi connectivity index (χ2v) is 5.44. The highest BCUT2D eigenvalue weighted by molar-refractivity contribution is 5.92. The molecule has 0 radical (unpaired) electrons. The summed E-state index contributed by atoms with van der Waals surface area (Å²) in [5.41, 5.74) is 10.7. The van der Waals surface area contributed by atoms with E-state index in [1.165, 1.54) is 11.8 Å². The lowest BCUT2D eigenvalue weighted by Crippen LogP contribution is -2.24. The van der Waals surface area contributed by atoms with Crippen LogP contribution in [0.3, 0.4) is 0 Å². The van der Waals surface area contributed by atoms with E-state index >= 15 is 0 Å². The topological polar surface area (TPSA) is 106 Å². The SMILES string of the molecule is Cc1ccc(NC(=O)COc2cccc(/C=N\NC(N)=O)c2)cc1C. The Hall–Kier alpha value is -3.35. The van der Waals surface area contributed by atoms with Crippen LogP contribution in [0, 0.1) is 13.8 Å². The lowest BCUT2D eigenvalue weighted by molar-refractivity contribution is -0.118. The summed E-state index contributed by atoms with van der Waals surface area (Å²) in [6, 6.07) is 11.9. The molecule has 0 fully saturated rings. The van der Waals surface area contributed by atoms with E-state index in [2.05, 4.69) is 15.8 Å². The van der Waals surface area contributed by atoms with E-state index in [9.17, 15) is 9.59 Å². The van der Waals surface area contributed by atoms with Crippen molar-refractivity contribution < 1.29 is 14.3 Å². The Morgan fingerprint density at radius 2 is 1.96 bits per heavy atom. The molecule has 0 atom stereocenters. The summed E-state index contributed by atoms with van der Waals surface area (Å²) >= 11 is 0. The summed E-state index contributed by atoms with van der Waals surface area (Å²) in [5.74, 6) is 0.260. The van der Waals surface area contributed by atoms with Crippen LogP contribution in [0.25, 0.3) is 0 Å². The van der Waals surface area contributed by atoms with Gasteiger partial charge in [0.15, 0.2) is 6.61 Å². The second kappa shape index (κ2) is 8.49. The van der Waals surface area contributed by atoms with Crippen molar-refractivity contribution in [2.24, 2.45) is 10.8 Å². The lowest BCUT2D eigenvalue weighted by Gasteiger charge is -2.09. The van der Waals surface area contributed by atoms with Gasteiger partial charge in [-0.3, -0.25) is 4.79 Å². The first-order valence-electron chi connectivity index (χ1n) is 7.62. The van der Waals surface area contributed by atoms with Crippen LogP contribution in [0.4, 0.5) is 10.5 Å². The quantitative estimate of drug-likeness (QED) is 0.555. The van der Waals surface area contributed by atoms with Gasteiger partial charge in [0, 0.05) is 5.69 Å². The fraction of sp³-hybridized carbons (Fsp3) is 0.167. The molecule has 0 aromatic heterocycles. The first-order chi connectivity index (χ1) is 11.9. The molecule has 25 heavy (non-hydrogen) atoms. The van der Waals surface area contributed by atoms with Gasteiger partial charge in [0.2, 0.25) is 0 Å². The van der Waals surface area contributed by atoms with Crippen LogP contribution in [0.1, 0.15) is 16.7 Å². The molecule has 2 rings (SSSR count). The van der Waals surface area contributed by atoms with Crippen LogP contribution in [0.5, 0.6) is 5.75 Å². The molecule has 0 aliphatic rings. The van der Waals surface area contributed by atoms with Gasteiger partial charge < -0.3 is 15.8 Å². The number of rotatable bonds is 6. The Labute approximate surface area is 145 Å². The average Bonchev–Trinajstić information content (AvgIpc) is 2.56. The molecular formula is C18H20N4O3. The summed E-state index contributed by atoms with van der Waals surface area (Å²) in [6.07, 6.45) is 1.42. The third-order valence-electron chi connectivity index (χ3n) is 3.41. The highest BCUT2D eigenvalue weighted by atomic mass is 16.5. The first-order valence-corrected chi connectivity index (χ1v) is 7.62. The van der Waals surface area contributed by atoms with Gasteiger partial charge in [0.1, 0.15) is 5.75 Å². The standard InChI is InChI=1S/C18H20N4O3/c1-12-6-7-15(8-13(12)2)21-17(23)11-25-16-5-3-4-14(9-16)10-20-22-18(19)24/h3-10H,11H2,1-2H3,(H,21,23)(H3,19,22,24)/b20-10-. The van der Waals surface area contributed by atoms with E-state index in [1.54, 1.807) is 24.3 Å². The molecule has 4 N–H and O–H groups in total. The van der Waals surface area contributed by atoms with E-state index in [4.69, 9.17) is 10.5 Å². The van der Waals surface area contributed by atoms with Gasteiger partial charge in [-0.05, 0) is 54.8 Å². The normalized spacial score (nSPS) is 10.5. The number of aryl methyl sites for hydroxylation is 2. The van der Waals surface area contributed by atoms with Crippen molar-refractivity contribution in [2.75, 3.05) is 11.9 Å². The van der Waals surface area contributed by atoms with Crippen LogP contribution >= 0.6 is 0 Å². The summed E-state index contributed by atoms with van der Waals surface area (Å²) < 4.78 is 5.48. The van der Waals surface area contributed by atoms with Gasteiger partial charge in [-0.15, -0.1) is 0 Å². The number of ether oxygens (including phenoxy) is 1. The van der Waals surface area contributed by atoms with Crippen LogP contribution < -0.4 is 21.2 Å². The van der Waals surface area contributed by atoms with Crippen molar-refractivity contribution in [3.8, 4) is 5.75 Å². The lowest BCUT2D eigenvalue weighted by atomic mass is 10.1. The Kier molecular flexibility index (Phi) is 6.11. The number of nitrogens with one attached hydrogen (secondary N) is 2. The van der Waals surface area contributed by atoms with Crippen LogP contribution in [-0.4, -0.2) is 24.8 Å². The zero-order chi connectivity index (χ0) is 18.2. The van der Waals surface area contributed by atoms with Crippen molar-refractivity contribution in [3.05, 3.63) is 59.2 Å². The minimum atomic E-state index is -0.744. The molecule has 2 aromatic rings. The molecule has 130 valence electrons. The fourth-order valence-electron chi connectivity index (χ4n) is 2.02. The van der Waals surface area contributed by atoms with E-state index in [1.807, 2.05) is 32.0 Å². The zero-order valence-corrected chi connectivity index (χ0v) is 14.1. The predicted octanol–water partition coefficient (Wildman–Crippen LogP) is 2.32. The van der Waals surface area contributed by atoms with E-state index in [-0.39, 0.29) is 12.5 Å². The third-order valence-corrected chi connectivity index (χ3v) is 3.41. The molecule has 0 aliphatic heterocycles. The molecule has 7 heteroatoms. The molecule has 0 unspecified atom stereocenters. The van der Waals surface area contributed by atoms with Gasteiger partial charge >= 0.3 is 6.03 Å². The monoisotopic (exact) mass is 340 g/mol. The predicted molar refractivity (Wildman–Crippen MR) is 96.8 cm³/mol. The minimum absolute atomic E-state index is 0.118. The van der Waals surface area contributed by atoms with Gasteiger partial charge in [-0.2, -0.15) is 5.10 Å². The molecule has 0 bridgehead atoms. The molecule has 0 heterocycles. The molecule has 0 saturated carbocycles. The number of primary amides is 1. The maximum Gasteiger partial charge on any atom is 0.332 e. The largest absolute Gasteiger partial charge is 0.484 e. The number of hydrogen-bond donors (Lipinski definition) is 3. The number of benzene rings is 2. The van der Waals surface area contributed by atoms with Crippen molar-refractivity contribution in [1.29, 1.82) is 0 Å². The number of amides is 3. The number of anilines is 1. The van der Waals surface area contributed by atoms with Crippen molar-refractivity contribution in [3.63, 3.8) is 0 Å². The van der Waals surface area contributed by atoms with E-state index in [0.29, 0.717) is 11.3 Å². The first kappa shape index (κ1) is 18.0. The van der Waals surface area contributed by atoms with Crippen LogP contribution in [-0.2, 0) is 4.79 Å². The number of nitrogens with two attached hydrogens (primary N) is 1. The fourth-order valence-corrected chi connectivity index (χ4v) is 2.02. The zero-order valence-electron chi connectivity index (χ0n) is 14.1. The van der Waals surface area contributed by atoms with Gasteiger partial charge in [0.05, 0.1) is 6.21 Å². The summed E-state index contributed by atoms with van der Waals surface area (Å²) in [6.45, 7) is 3.88. The minimum Gasteiger partial charge on any atom is -0.484 e. The molecular weight excluding hydrogens is 320 g/mol. The molecule has 0 aliphatic carbocycles. The second-order valence-electron chi connectivity index (χ2n) is 5.44. The van der Waals surface area contributed by atoms with Gasteiger partial charge in [0.25, 0.3) is 5.91 Å². The van der Waals surface area contributed by atoms with E-state index < -0.39 is 6.03 Å². The Bertz CT molecular complexity index is 803. The van der Waals surface area contributed by atoms with E-state index in [0.717, 1.165) is 11.3 Å². The number of carbonyl (C=O) groups is 2.